The molecule has 0 fully saturated rings. The summed E-state index contributed by atoms with van der Waals surface area (Å²) < 4.78 is 1.05. The van der Waals surface area contributed by atoms with Crippen LogP contribution in [0.3, 0.4) is 0 Å². The molecule has 0 spiro atoms. The summed E-state index contributed by atoms with van der Waals surface area (Å²) in [6, 6.07) is 9.69. The summed E-state index contributed by atoms with van der Waals surface area (Å²) >= 11 is -1.79. The molecular formula is C15H21NOSn. The number of para-hydroxylation sites is 1. The fourth-order valence-electron chi connectivity index (χ4n) is 1.45. The van der Waals surface area contributed by atoms with Crippen LogP contribution >= 0.6 is 0 Å². The normalized spacial score (nSPS) is 10.4. The van der Waals surface area contributed by atoms with Crippen LogP contribution in [-0.2, 0) is 4.79 Å². The van der Waals surface area contributed by atoms with Crippen molar-refractivity contribution in [1.29, 1.82) is 0 Å². The molecule has 0 atom stereocenters. The van der Waals surface area contributed by atoms with E-state index in [1.54, 1.807) is 11.8 Å². The molecule has 0 aliphatic rings. The van der Waals surface area contributed by atoms with E-state index >= 15 is 0 Å². The van der Waals surface area contributed by atoms with Crippen LogP contribution < -0.4 is 4.90 Å². The van der Waals surface area contributed by atoms with Gasteiger partial charge < -0.3 is 0 Å². The maximum atomic E-state index is 11.6. The van der Waals surface area contributed by atoms with E-state index in [2.05, 4.69) is 26.7 Å². The predicted molar refractivity (Wildman–Crippen MR) is 80.4 cm³/mol. The van der Waals surface area contributed by atoms with Crippen LogP contribution in [0.5, 0.6) is 0 Å². The molecule has 0 saturated heterocycles. The van der Waals surface area contributed by atoms with Crippen molar-refractivity contribution < 1.29 is 4.79 Å². The third kappa shape index (κ3) is 5.59. The first-order valence-electron chi connectivity index (χ1n) is 6.19. The molecule has 1 aromatic carbocycles. The van der Waals surface area contributed by atoms with Gasteiger partial charge in [-0.2, -0.15) is 0 Å². The zero-order valence-electron chi connectivity index (χ0n) is 11.7. The molecule has 96 valence electrons. The van der Waals surface area contributed by atoms with E-state index in [1.807, 2.05) is 30.3 Å². The van der Waals surface area contributed by atoms with E-state index < -0.39 is 18.4 Å². The molecule has 0 bridgehead atoms. The van der Waals surface area contributed by atoms with Crippen LogP contribution in [0.15, 0.2) is 30.3 Å². The Morgan fingerprint density at radius 2 is 1.78 bits per heavy atom. The van der Waals surface area contributed by atoms with Gasteiger partial charge in [0.25, 0.3) is 0 Å². The van der Waals surface area contributed by atoms with Crippen molar-refractivity contribution in [2.24, 2.45) is 0 Å². The van der Waals surface area contributed by atoms with Gasteiger partial charge in [-0.1, -0.05) is 0 Å². The summed E-state index contributed by atoms with van der Waals surface area (Å²) in [5.41, 5.74) is 0.915. The first kappa shape index (κ1) is 15.1. The fourth-order valence-corrected chi connectivity index (χ4v) is 3.33. The van der Waals surface area contributed by atoms with E-state index in [4.69, 9.17) is 0 Å². The zero-order valence-corrected chi connectivity index (χ0v) is 14.5. The molecule has 18 heavy (non-hydrogen) atoms. The second kappa shape index (κ2) is 6.84. The molecule has 0 aliphatic carbocycles. The maximum absolute atomic E-state index is 11.6. The molecule has 3 heteroatoms. The van der Waals surface area contributed by atoms with Crippen molar-refractivity contribution in [3.8, 4) is 11.8 Å². The molecule has 0 radical (unpaired) electrons. The number of amides is 1. The van der Waals surface area contributed by atoms with Gasteiger partial charge in [-0.15, -0.1) is 0 Å². The average molecular weight is 350 g/mol. The third-order valence-electron chi connectivity index (χ3n) is 2.43. The summed E-state index contributed by atoms with van der Waals surface area (Å²) in [6.07, 6.45) is 0. The van der Waals surface area contributed by atoms with E-state index in [0.717, 1.165) is 10.1 Å². The number of carbonyl (C=O) groups is 1. The topological polar surface area (TPSA) is 20.3 Å². The number of anilines is 1. The van der Waals surface area contributed by atoms with Crippen LogP contribution in [0.2, 0.25) is 19.3 Å². The van der Waals surface area contributed by atoms with Gasteiger partial charge in [-0.25, -0.2) is 0 Å². The predicted octanol–water partition coefficient (Wildman–Crippen LogP) is 3.38. The van der Waals surface area contributed by atoms with Crippen LogP contribution in [0, 0.1) is 11.8 Å². The van der Waals surface area contributed by atoms with E-state index in [0.29, 0.717) is 6.54 Å². The molecule has 0 unspecified atom stereocenters. The van der Waals surface area contributed by atoms with Gasteiger partial charge in [0.2, 0.25) is 0 Å². The van der Waals surface area contributed by atoms with E-state index in [1.165, 1.54) is 0 Å². The third-order valence-corrected chi connectivity index (χ3v) is 5.96. The molecule has 0 heterocycles. The Kier molecular flexibility index (Phi) is 5.74. The van der Waals surface area contributed by atoms with Gasteiger partial charge >= 0.3 is 115 Å². The molecule has 2 nitrogen and oxygen atoms in total. The Labute approximate surface area is 114 Å². The first-order valence-corrected chi connectivity index (χ1v) is 16.8. The first-order chi connectivity index (χ1) is 8.40. The Balaban J connectivity index is 2.69. The van der Waals surface area contributed by atoms with E-state index in [-0.39, 0.29) is 5.91 Å². The molecule has 0 N–H and O–H groups in total. The van der Waals surface area contributed by atoms with Gasteiger partial charge in [0.05, 0.1) is 0 Å². The zero-order chi connectivity index (χ0) is 13.6. The summed E-state index contributed by atoms with van der Waals surface area (Å²) in [5, 5.41) is 0. The van der Waals surface area contributed by atoms with Crippen molar-refractivity contribution in [3.63, 3.8) is 0 Å². The van der Waals surface area contributed by atoms with Crippen LogP contribution in [0.25, 0.3) is 0 Å². The number of hydrogen-bond acceptors (Lipinski definition) is 1. The van der Waals surface area contributed by atoms with E-state index in [9.17, 15) is 4.79 Å². The summed E-state index contributed by atoms with van der Waals surface area (Å²) in [5.74, 6) is 6.40. The van der Waals surface area contributed by atoms with Crippen molar-refractivity contribution in [3.05, 3.63) is 30.3 Å². The van der Waals surface area contributed by atoms with Crippen LogP contribution in [0.4, 0.5) is 5.69 Å². The molecule has 1 amide bonds. The average Bonchev–Trinajstić information content (AvgIpc) is 2.28. The minimum absolute atomic E-state index is 0.0368. The molecular weight excluding hydrogens is 329 g/mol. The van der Waals surface area contributed by atoms with Crippen molar-refractivity contribution in [1.82, 2.24) is 0 Å². The number of benzene rings is 1. The quantitative estimate of drug-likeness (QED) is 0.605. The number of hydrogen-bond donors (Lipinski definition) is 0. The monoisotopic (exact) mass is 351 g/mol. The fraction of sp³-hybridized carbons (Fsp3) is 0.400. The van der Waals surface area contributed by atoms with Gasteiger partial charge in [0, 0.05) is 0 Å². The molecule has 1 rings (SSSR count). The van der Waals surface area contributed by atoms with Crippen molar-refractivity contribution in [2.75, 3.05) is 11.4 Å². The second-order valence-corrected chi connectivity index (χ2v) is 21.2. The van der Waals surface area contributed by atoms with Gasteiger partial charge in [0.15, 0.2) is 0 Å². The Bertz CT molecular complexity index is 451. The Hall–Kier alpha value is -0.951. The van der Waals surface area contributed by atoms with Crippen molar-refractivity contribution >= 4 is 30.0 Å². The minimum atomic E-state index is -1.79. The van der Waals surface area contributed by atoms with Crippen molar-refractivity contribution in [2.45, 2.75) is 26.2 Å². The van der Waals surface area contributed by atoms with Gasteiger partial charge in [-0.3, -0.25) is 0 Å². The van der Waals surface area contributed by atoms with Crippen LogP contribution in [-0.4, -0.2) is 30.8 Å². The van der Waals surface area contributed by atoms with Gasteiger partial charge in [0.1, 0.15) is 0 Å². The molecule has 0 saturated carbocycles. The Morgan fingerprint density at radius 1 is 1.17 bits per heavy atom. The SMILES string of the molecule is CC(=O)N(CC#C[CH2][Sn]([CH3])([CH3])[CH3])c1ccccc1. The Morgan fingerprint density at radius 3 is 2.28 bits per heavy atom. The van der Waals surface area contributed by atoms with Gasteiger partial charge in [-0.05, 0) is 0 Å². The number of rotatable bonds is 3. The molecule has 0 aromatic heterocycles. The van der Waals surface area contributed by atoms with Crippen LogP contribution in [0.1, 0.15) is 6.92 Å². The second-order valence-electron chi connectivity index (χ2n) is 5.53. The summed E-state index contributed by atoms with van der Waals surface area (Å²) in [6.45, 7) is 2.07. The summed E-state index contributed by atoms with van der Waals surface area (Å²) in [4.78, 5) is 20.4. The summed E-state index contributed by atoms with van der Waals surface area (Å²) in [7, 11) is 0. The molecule has 0 aliphatic heterocycles. The molecule has 1 aromatic rings. The number of nitrogens with zero attached hydrogens (tertiary/aromatic N) is 1. The standard InChI is InChI=1S/C12H12NO.3CH3.Sn/c1-3-4-10-13(11(2)14)12-8-6-5-7-9-12;;;;/h5-9H,1,10H2,2H3;3*1H3;. The number of carbonyl (C=O) groups excluding carboxylic acids is 1.